The van der Waals surface area contributed by atoms with Crippen LogP contribution in [0.1, 0.15) is 225 Å². The van der Waals surface area contributed by atoms with Crippen LogP contribution in [0.4, 0.5) is 0 Å². The van der Waals surface area contributed by atoms with E-state index in [0.29, 0.717) is 52.9 Å². The van der Waals surface area contributed by atoms with E-state index in [9.17, 15) is 33.6 Å². The monoisotopic (exact) mass is 1150 g/mol. The van der Waals surface area contributed by atoms with Gasteiger partial charge in [0.25, 0.3) is 0 Å². The predicted molar refractivity (Wildman–Crippen MR) is 318 cm³/mol. The first-order chi connectivity index (χ1) is 38.9. The molecular formula is C71H86O13. The second-order valence-corrected chi connectivity index (χ2v) is 27.4. The highest BCUT2D eigenvalue weighted by Crippen LogP contribution is 2.70. The van der Waals surface area contributed by atoms with Crippen LogP contribution in [-0.2, 0) is 38.7 Å². The van der Waals surface area contributed by atoms with Gasteiger partial charge in [-0.15, -0.1) is 0 Å². The van der Waals surface area contributed by atoms with Gasteiger partial charge in [-0.3, -0.25) is 14.4 Å². The van der Waals surface area contributed by atoms with Gasteiger partial charge in [0, 0.05) is 11.8 Å². The molecular weight excluding hydrogens is 1060 g/mol. The van der Waals surface area contributed by atoms with Gasteiger partial charge < -0.3 is 28.4 Å². The van der Waals surface area contributed by atoms with Crippen molar-refractivity contribution in [1.82, 2.24) is 0 Å². The number of allylic oxidation sites excluding steroid dienone is 1. The summed E-state index contributed by atoms with van der Waals surface area (Å²) in [7, 11) is 0. The number of benzene rings is 4. The number of fused-ring (bicyclic) bond motifs is 7. The lowest BCUT2D eigenvalue weighted by Crippen LogP contribution is -2.55. The summed E-state index contributed by atoms with van der Waals surface area (Å²) in [6.07, 6.45) is 17.3. The molecule has 0 aromatic heterocycles. The molecule has 9 atom stereocenters. The van der Waals surface area contributed by atoms with Crippen LogP contribution in [0.3, 0.4) is 0 Å². The molecule has 0 bridgehead atoms. The summed E-state index contributed by atoms with van der Waals surface area (Å²) in [6, 6.07) is 26.6. The van der Waals surface area contributed by atoms with Crippen molar-refractivity contribution in [1.29, 1.82) is 0 Å². The van der Waals surface area contributed by atoms with Gasteiger partial charge in [-0.05, 0) is 199 Å². The molecule has 12 rings (SSSR count). The van der Waals surface area contributed by atoms with Crippen LogP contribution in [0.5, 0.6) is 23.0 Å². The van der Waals surface area contributed by atoms with Crippen LogP contribution >= 0.6 is 0 Å². The van der Waals surface area contributed by atoms with Crippen LogP contribution in [0.2, 0.25) is 0 Å². The molecule has 0 spiro atoms. The van der Waals surface area contributed by atoms with E-state index in [0.717, 1.165) is 48.3 Å². The fourth-order valence-electron chi connectivity index (χ4n) is 17.6. The van der Waals surface area contributed by atoms with Crippen molar-refractivity contribution in [2.24, 2.45) is 63.1 Å². The summed E-state index contributed by atoms with van der Waals surface area (Å²) in [5.41, 5.74) is 3.18. The predicted octanol–water partition coefficient (Wildman–Crippen LogP) is 16.7. The highest BCUT2D eigenvalue weighted by molar-refractivity contribution is 6.15. The van der Waals surface area contributed by atoms with Crippen molar-refractivity contribution < 1.29 is 62.0 Å². The maximum Gasteiger partial charge on any atom is 0.347 e. The molecule has 2 saturated heterocycles. The third-order valence-electron chi connectivity index (χ3n) is 21.1. The van der Waals surface area contributed by atoms with Crippen molar-refractivity contribution in [2.75, 3.05) is 0 Å². The highest BCUT2D eigenvalue weighted by Gasteiger charge is 2.62. The zero-order chi connectivity index (χ0) is 58.1. The molecule has 6 fully saturated rings. The molecule has 84 heavy (non-hydrogen) atoms. The lowest BCUT2D eigenvalue weighted by Gasteiger charge is -2.63. The molecule has 4 aliphatic carbocycles. The van der Waals surface area contributed by atoms with E-state index < -0.39 is 41.2 Å². The Morgan fingerprint density at radius 1 is 0.512 bits per heavy atom. The fourth-order valence-corrected chi connectivity index (χ4v) is 17.6. The summed E-state index contributed by atoms with van der Waals surface area (Å²) in [5, 5.41) is 0. The average molecular weight is 1150 g/mol. The Bertz CT molecular complexity index is 3040. The number of carbonyl (C=O) groups is 7. The van der Waals surface area contributed by atoms with E-state index in [2.05, 4.69) is 70.2 Å². The summed E-state index contributed by atoms with van der Waals surface area (Å²) in [4.78, 5) is 82.9. The second-order valence-electron chi connectivity index (χ2n) is 27.4. The van der Waals surface area contributed by atoms with Crippen LogP contribution in [-0.4, -0.2) is 41.8 Å². The van der Waals surface area contributed by atoms with Crippen molar-refractivity contribution in [2.45, 2.75) is 178 Å². The van der Waals surface area contributed by atoms with Gasteiger partial charge in [0.05, 0.1) is 41.5 Å². The third-order valence-corrected chi connectivity index (χ3v) is 21.1. The molecule has 9 unspecified atom stereocenters. The molecule has 13 heteroatoms. The van der Waals surface area contributed by atoms with Crippen molar-refractivity contribution in [3.05, 3.63) is 131 Å². The summed E-state index contributed by atoms with van der Waals surface area (Å²) < 4.78 is 31.6. The van der Waals surface area contributed by atoms with Gasteiger partial charge >= 0.3 is 41.8 Å². The molecule has 4 aromatic carbocycles. The maximum absolute atomic E-state index is 12.3. The molecule has 4 heterocycles. The summed E-state index contributed by atoms with van der Waals surface area (Å²) >= 11 is 0. The van der Waals surface area contributed by atoms with Gasteiger partial charge in [-0.25, -0.2) is 19.2 Å². The number of ether oxygens (including phenoxy) is 6. The second kappa shape index (κ2) is 23.5. The molecule has 0 radical (unpaired) electrons. The van der Waals surface area contributed by atoms with Gasteiger partial charge in [-0.1, -0.05) is 113 Å². The fraction of sp³-hybridized carbons (Fsp3) is 0.535. The number of carbonyl (C=O) groups excluding carboxylic acids is 7. The van der Waals surface area contributed by atoms with Gasteiger partial charge in [0.1, 0.15) is 28.8 Å². The quantitative estimate of drug-likeness (QED) is 0.0703. The molecule has 4 aliphatic heterocycles. The largest absolute Gasteiger partial charge is 0.457 e. The Balaban J connectivity index is 0.000000344. The van der Waals surface area contributed by atoms with E-state index in [4.69, 9.17) is 23.7 Å². The molecule has 4 aromatic rings. The van der Waals surface area contributed by atoms with Gasteiger partial charge in [0.15, 0.2) is 0 Å². The lowest BCUT2D eigenvalue weighted by atomic mass is 9.42. The van der Waals surface area contributed by atoms with Crippen molar-refractivity contribution in [3.63, 3.8) is 0 Å². The first-order valence-corrected chi connectivity index (χ1v) is 30.0. The first-order valence-electron chi connectivity index (χ1n) is 30.0. The maximum atomic E-state index is 12.3. The van der Waals surface area contributed by atoms with Crippen LogP contribution in [0.15, 0.2) is 97.3 Å². The summed E-state index contributed by atoms with van der Waals surface area (Å²) in [5.74, 6) is 4.27. The van der Waals surface area contributed by atoms with E-state index in [1.54, 1.807) is 36.4 Å². The zero-order valence-corrected chi connectivity index (χ0v) is 48.7. The number of cyclic esters (lactones) is 7. The van der Waals surface area contributed by atoms with Crippen molar-refractivity contribution in [3.8, 4) is 23.0 Å². The molecule has 0 N–H and O–H groups in total. The minimum Gasteiger partial charge on any atom is -0.457 e. The number of hydrogen-bond donors (Lipinski definition) is 0. The number of hydrogen-bond acceptors (Lipinski definition) is 13. The SMILES string of the molecule is C.C.C=C1CC(C)(CC2(C)CC(=O)OC(=O)C2)CC(=O)O1.CC(C)CCCC(C)C1CCC2C3CCC4CC(c5ccc(Oc6ccc7c(c6)C(=O)OC7=O)cc5)(c5ccc(Oc6ccc7c(c6)C(=O)OC7=O)cc5)CCC4(C)C3CCC12C. The zero-order valence-electron chi connectivity index (χ0n) is 48.7. The summed E-state index contributed by atoms with van der Waals surface area (Å²) in [6.45, 7) is 20.2. The van der Waals surface area contributed by atoms with Crippen LogP contribution < -0.4 is 9.47 Å². The Hall–Kier alpha value is -6.89. The molecule has 8 aliphatic rings. The van der Waals surface area contributed by atoms with Crippen molar-refractivity contribution >= 4 is 41.8 Å². The number of esters is 7. The van der Waals surface area contributed by atoms with E-state index in [1.807, 2.05) is 38.1 Å². The lowest BCUT2D eigenvalue weighted by molar-refractivity contribution is -0.170. The smallest absolute Gasteiger partial charge is 0.347 e. The van der Waals surface area contributed by atoms with Gasteiger partial charge in [0.2, 0.25) is 0 Å². The first kappa shape index (κ1) is 61.7. The van der Waals surface area contributed by atoms with Crippen LogP contribution in [0.25, 0.3) is 0 Å². The molecule has 4 saturated carbocycles. The minimum absolute atomic E-state index is 0. The van der Waals surface area contributed by atoms with Gasteiger partial charge in [-0.2, -0.15) is 0 Å². The van der Waals surface area contributed by atoms with E-state index in [1.165, 1.54) is 75.3 Å². The molecule has 448 valence electrons. The standard InChI is InChI=1S/C55H60O8.C14H18O5.2CH4/c1-32(2)7-6-8-33(3)46-23-24-47-43-20-13-36-31-55(28-27-53(36,4)48(43)25-26-54(46,47)5,34-9-14-37(15-10-34)60-39-18-21-41-44(29-39)51(58)62-49(41)56)35-11-16-38(17-12-35)61-40-19-22-42-45(30-40)52(59)63-50(42)57;1-9-4-13(2,5-10(15)18-9)8-14(3)6-11(16)19-12(17)7-14;;/h9-12,14-19,21-22,29-30,32-33,36,43,46-48H,6-8,13,20,23-28,31H2,1-5H3;1,4-8H2,2-3H3;2*1H4. The normalized spacial score (nSPS) is 29.1. The Kier molecular flexibility index (Phi) is 17.3. The topological polar surface area (TPSA) is 175 Å². The molecule has 0 amide bonds. The van der Waals surface area contributed by atoms with E-state index >= 15 is 0 Å². The Morgan fingerprint density at radius 2 is 1.00 bits per heavy atom. The highest BCUT2D eigenvalue weighted by atomic mass is 16.6. The Labute approximate surface area is 496 Å². The third kappa shape index (κ3) is 11.8. The molecule has 13 nitrogen and oxygen atoms in total. The Morgan fingerprint density at radius 3 is 1.52 bits per heavy atom. The van der Waals surface area contributed by atoms with E-state index in [-0.39, 0.29) is 78.6 Å². The van der Waals surface area contributed by atoms with Crippen LogP contribution in [0, 0.1) is 63.1 Å². The number of rotatable bonds is 13. The average Bonchev–Trinajstić information content (AvgIpc) is 1.11. The minimum atomic E-state index is -0.655.